The molecular formula is C21H22N2OS. The molecule has 0 aliphatic carbocycles. The van der Waals surface area contributed by atoms with E-state index in [-0.39, 0.29) is 11.2 Å². The van der Waals surface area contributed by atoms with Crippen molar-refractivity contribution < 1.29 is 4.79 Å². The molecule has 3 rings (SSSR count). The van der Waals surface area contributed by atoms with E-state index >= 15 is 0 Å². The zero-order chi connectivity index (χ0) is 18.0. The van der Waals surface area contributed by atoms with Gasteiger partial charge in [-0.05, 0) is 24.0 Å². The summed E-state index contributed by atoms with van der Waals surface area (Å²) in [5, 5.41) is 1.86. The van der Waals surface area contributed by atoms with E-state index in [1.54, 1.807) is 0 Å². The first-order valence-electron chi connectivity index (χ1n) is 8.34. The second-order valence-corrected chi connectivity index (χ2v) is 8.10. The minimum absolute atomic E-state index is 0.0910. The molecule has 3 aromatic rings. The first kappa shape index (κ1) is 17.6. The van der Waals surface area contributed by atoms with Gasteiger partial charge in [0.2, 0.25) is 0 Å². The minimum Gasteiger partial charge on any atom is -0.293 e. The van der Waals surface area contributed by atoms with E-state index in [0.717, 1.165) is 27.3 Å². The van der Waals surface area contributed by atoms with Crippen LogP contribution in [0.5, 0.6) is 0 Å². The normalized spacial score (nSPS) is 11.7. The third kappa shape index (κ3) is 4.07. The molecule has 0 amide bonds. The van der Waals surface area contributed by atoms with Gasteiger partial charge in [-0.15, -0.1) is 0 Å². The number of thioether (sulfide) groups is 1. The number of aryl methyl sites for hydroxylation is 1. The molecule has 0 bridgehead atoms. The van der Waals surface area contributed by atoms with Crippen LogP contribution in [0.2, 0.25) is 0 Å². The number of carbonyl (C=O) groups is 1. The van der Waals surface area contributed by atoms with Crippen LogP contribution in [0.15, 0.2) is 53.6 Å². The molecule has 0 unspecified atom stereocenters. The molecule has 3 nitrogen and oxygen atoms in total. The molecule has 0 aliphatic heterocycles. The molecule has 0 saturated carbocycles. The topological polar surface area (TPSA) is 42.9 Å². The smallest absolute Gasteiger partial charge is 0.173 e. The van der Waals surface area contributed by atoms with Crippen molar-refractivity contribution in [1.29, 1.82) is 0 Å². The number of rotatable bonds is 4. The number of nitrogens with zero attached hydrogens (tertiary/aromatic N) is 2. The van der Waals surface area contributed by atoms with Crippen LogP contribution in [0.4, 0.5) is 0 Å². The summed E-state index contributed by atoms with van der Waals surface area (Å²) in [4.78, 5) is 21.5. The molecule has 128 valence electrons. The first-order valence-corrected chi connectivity index (χ1v) is 9.33. The van der Waals surface area contributed by atoms with Gasteiger partial charge in [0.15, 0.2) is 5.78 Å². The molecule has 0 aliphatic rings. The molecular weight excluding hydrogens is 328 g/mol. The van der Waals surface area contributed by atoms with E-state index in [0.29, 0.717) is 5.75 Å². The maximum absolute atomic E-state index is 12.5. The van der Waals surface area contributed by atoms with Gasteiger partial charge in [0.1, 0.15) is 10.9 Å². The molecule has 0 fully saturated rings. The van der Waals surface area contributed by atoms with E-state index in [9.17, 15) is 4.79 Å². The summed E-state index contributed by atoms with van der Waals surface area (Å²) in [6.45, 7) is 8.39. The van der Waals surface area contributed by atoms with Crippen LogP contribution < -0.4 is 0 Å². The SMILES string of the molecule is Cc1nc(SCC(=O)c2ccc(C(C)(C)C)cc2)c2ccccc2n1. The van der Waals surface area contributed by atoms with Gasteiger partial charge in [-0.1, -0.05) is 75.0 Å². The Morgan fingerprint density at radius 3 is 2.36 bits per heavy atom. The van der Waals surface area contributed by atoms with Crippen LogP contribution >= 0.6 is 11.8 Å². The highest BCUT2D eigenvalue weighted by atomic mass is 32.2. The van der Waals surface area contributed by atoms with Crippen molar-refractivity contribution in [3.05, 3.63) is 65.5 Å². The molecule has 1 heterocycles. The number of fused-ring (bicyclic) bond motifs is 1. The second kappa shape index (κ2) is 6.96. The highest BCUT2D eigenvalue weighted by Crippen LogP contribution is 2.26. The van der Waals surface area contributed by atoms with Gasteiger partial charge < -0.3 is 0 Å². The van der Waals surface area contributed by atoms with Crippen LogP contribution in [0.3, 0.4) is 0 Å². The predicted octanol–water partition coefficient (Wildman–Crippen LogP) is 5.21. The number of hydrogen-bond acceptors (Lipinski definition) is 4. The third-order valence-corrected chi connectivity index (χ3v) is 5.08. The fraction of sp³-hybridized carbons (Fsp3) is 0.286. The summed E-state index contributed by atoms with van der Waals surface area (Å²) >= 11 is 1.48. The quantitative estimate of drug-likeness (QED) is 0.368. The van der Waals surface area contributed by atoms with Gasteiger partial charge in [0, 0.05) is 10.9 Å². The van der Waals surface area contributed by atoms with Crippen molar-refractivity contribution in [3.8, 4) is 0 Å². The summed E-state index contributed by atoms with van der Waals surface area (Å²) in [7, 11) is 0. The molecule has 25 heavy (non-hydrogen) atoms. The lowest BCUT2D eigenvalue weighted by Gasteiger charge is -2.18. The van der Waals surface area contributed by atoms with Crippen LogP contribution in [0.1, 0.15) is 42.5 Å². The molecule has 0 saturated heterocycles. The summed E-state index contributed by atoms with van der Waals surface area (Å²) in [5.74, 6) is 1.21. The Bertz CT molecular complexity index is 911. The molecule has 1 aromatic heterocycles. The molecule has 0 atom stereocenters. The highest BCUT2D eigenvalue weighted by molar-refractivity contribution is 8.00. The molecule has 4 heteroatoms. The van der Waals surface area contributed by atoms with Gasteiger partial charge >= 0.3 is 0 Å². The standard InChI is InChI=1S/C21H22N2OS/c1-14-22-18-8-6-5-7-17(18)20(23-14)25-13-19(24)15-9-11-16(12-10-15)21(2,3)4/h5-12H,13H2,1-4H3. The van der Waals surface area contributed by atoms with E-state index < -0.39 is 0 Å². The summed E-state index contributed by atoms with van der Waals surface area (Å²) in [6.07, 6.45) is 0. The number of Topliss-reactive ketones (excluding diaryl/α,β-unsaturated/α-hetero) is 1. The zero-order valence-corrected chi connectivity index (χ0v) is 15.9. The molecule has 0 N–H and O–H groups in total. The van der Waals surface area contributed by atoms with E-state index in [4.69, 9.17) is 0 Å². The van der Waals surface area contributed by atoms with Crippen molar-refractivity contribution in [2.24, 2.45) is 0 Å². The number of hydrogen-bond donors (Lipinski definition) is 0. The Morgan fingerprint density at radius 2 is 1.68 bits per heavy atom. The first-order chi connectivity index (χ1) is 11.8. The average molecular weight is 350 g/mol. The number of aromatic nitrogens is 2. The molecule has 0 radical (unpaired) electrons. The fourth-order valence-corrected chi connectivity index (χ4v) is 3.60. The van der Waals surface area contributed by atoms with Crippen LogP contribution in [-0.2, 0) is 5.41 Å². The largest absolute Gasteiger partial charge is 0.293 e. The second-order valence-electron chi connectivity index (χ2n) is 7.13. The summed E-state index contributed by atoms with van der Waals surface area (Å²) < 4.78 is 0. The van der Waals surface area contributed by atoms with Crippen molar-refractivity contribution in [2.75, 3.05) is 5.75 Å². The number of ketones is 1. The van der Waals surface area contributed by atoms with Gasteiger partial charge in [0.05, 0.1) is 11.3 Å². The lowest BCUT2D eigenvalue weighted by atomic mass is 9.86. The van der Waals surface area contributed by atoms with Crippen molar-refractivity contribution in [3.63, 3.8) is 0 Å². The average Bonchev–Trinajstić information content (AvgIpc) is 2.58. The Kier molecular flexibility index (Phi) is 4.91. The number of para-hydroxylation sites is 1. The maximum atomic E-state index is 12.5. The third-order valence-electron chi connectivity index (χ3n) is 4.09. The van der Waals surface area contributed by atoms with Crippen LogP contribution in [0, 0.1) is 6.92 Å². The monoisotopic (exact) mass is 350 g/mol. The number of benzene rings is 2. The van der Waals surface area contributed by atoms with Crippen LogP contribution in [0.25, 0.3) is 10.9 Å². The highest BCUT2D eigenvalue weighted by Gasteiger charge is 2.15. The molecule has 0 spiro atoms. The maximum Gasteiger partial charge on any atom is 0.173 e. The lowest BCUT2D eigenvalue weighted by molar-refractivity contribution is 0.102. The van der Waals surface area contributed by atoms with E-state index in [2.05, 4.69) is 30.7 Å². The summed E-state index contributed by atoms with van der Waals surface area (Å²) in [6, 6.07) is 15.8. The van der Waals surface area contributed by atoms with E-state index in [1.807, 2.05) is 55.5 Å². The zero-order valence-electron chi connectivity index (χ0n) is 15.0. The van der Waals surface area contributed by atoms with E-state index in [1.165, 1.54) is 17.3 Å². The van der Waals surface area contributed by atoms with Gasteiger partial charge in [0.25, 0.3) is 0 Å². The Balaban J connectivity index is 1.77. The predicted molar refractivity (Wildman–Crippen MR) is 104 cm³/mol. The van der Waals surface area contributed by atoms with Crippen molar-refractivity contribution in [1.82, 2.24) is 9.97 Å². The van der Waals surface area contributed by atoms with Crippen molar-refractivity contribution >= 4 is 28.4 Å². The summed E-state index contributed by atoms with van der Waals surface area (Å²) in [5.41, 5.74) is 2.98. The Morgan fingerprint density at radius 1 is 1.00 bits per heavy atom. The minimum atomic E-state index is 0.0910. The number of carbonyl (C=O) groups excluding carboxylic acids is 1. The lowest BCUT2D eigenvalue weighted by Crippen LogP contribution is -2.11. The van der Waals surface area contributed by atoms with Crippen LogP contribution in [-0.4, -0.2) is 21.5 Å². The molecule has 2 aromatic carbocycles. The fourth-order valence-electron chi connectivity index (χ4n) is 2.64. The Labute approximate surface area is 152 Å². The van der Waals surface area contributed by atoms with Gasteiger partial charge in [-0.2, -0.15) is 0 Å². The van der Waals surface area contributed by atoms with Gasteiger partial charge in [-0.3, -0.25) is 4.79 Å². The van der Waals surface area contributed by atoms with Gasteiger partial charge in [-0.25, -0.2) is 9.97 Å². The van der Waals surface area contributed by atoms with Crippen molar-refractivity contribution in [2.45, 2.75) is 38.1 Å². The Hall–Kier alpha value is -2.20.